The minimum absolute atomic E-state index is 0.248. The van der Waals surface area contributed by atoms with Crippen LogP contribution in [-0.2, 0) is 15.5 Å². The number of benzene rings is 1. The maximum absolute atomic E-state index is 12.5. The molecule has 0 amide bonds. The minimum atomic E-state index is -0.816. The molecule has 1 aromatic carbocycles. The van der Waals surface area contributed by atoms with Crippen LogP contribution in [0.5, 0.6) is 5.75 Å². The predicted molar refractivity (Wildman–Crippen MR) is 75.5 cm³/mol. The fourth-order valence-corrected chi connectivity index (χ4v) is 4.57. The van der Waals surface area contributed by atoms with Gasteiger partial charge in [0.1, 0.15) is 5.75 Å². The minimum Gasteiger partial charge on any atom is -0.497 e. The topological polar surface area (TPSA) is 29.5 Å². The Morgan fingerprint density at radius 2 is 2.28 bits per heavy atom. The number of methoxy groups -OCH3 is 1. The van der Waals surface area contributed by atoms with Crippen LogP contribution in [0.1, 0.15) is 18.9 Å². The summed E-state index contributed by atoms with van der Waals surface area (Å²) in [5, 5.41) is 0. The van der Waals surface area contributed by atoms with Gasteiger partial charge in [-0.05, 0) is 31.2 Å². The second kappa shape index (κ2) is 5.41. The van der Waals surface area contributed by atoms with Crippen molar-refractivity contribution >= 4 is 10.8 Å². The molecule has 1 heterocycles. The van der Waals surface area contributed by atoms with E-state index in [1.807, 2.05) is 18.2 Å². The highest BCUT2D eigenvalue weighted by Crippen LogP contribution is 2.36. The highest BCUT2D eigenvalue weighted by Gasteiger charge is 2.41. The summed E-state index contributed by atoms with van der Waals surface area (Å²) in [6.45, 7) is 3.89. The first kappa shape index (κ1) is 13.6. The molecule has 2 rings (SSSR count). The molecule has 0 saturated carbocycles. The van der Waals surface area contributed by atoms with Gasteiger partial charge < -0.3 is 9.64 Å². The van der Waals surface area contributed by atoms with E-state index in [-0.39, 0.29) is 4.75 Å². The molecule has 0 aliphatic carbocycles. The van der Waals surface area contributed by atoms with Crippen molar-refractivity contribution in [3.05, 3.63) is 29.8 Å². The Hall–Kier alpha value is -0.870. The number of rotatable bonds is 3. The summed E-state index contributed by atoms with van der Waals surface area (Å²) in [6, 6.07) is 8.02. The second-order valence-corrected chi connectivity index (χ2v) is 6.75. The molecule has 0 spiro atoms. The van der Waals surface area contributed by atoms with Gasteiger partial charge in [-0.1, -0.05) is 19.1 Å². The third kappa shape index (κ3) is 2.31. The molecular formula is C14H21NO2S. The van der Waals surface area contributed by atoms with Gasteiger partial charge in [0.2, 0.25) is 0 Å². The highest BCUT2D eigenvalue weighted by molar-refractivity contribution is 7.86. The van der Waals surface area contributed by atoms with Gasteiger partial charge in [-0.2, -0.15) is 0 Å². The zero-order valence-electron chi connectivity index (χ0n) is 11.3. The zero-order valence-corrected chi connectivity index (χ0v) is 12.1. The average Bonchev–Trinajstić information content (AvgIpc) is 2.41. The molecule has 1 aliphatic rings. The quantitative estimate of drug-likeness (QED) is 0.839. The molecule has 1 saturated heterocycles. The molecule has 18 heavy (non-hydrogen) atoms. The van der Waals surface area contributed by atoms with Crippen molar-refractivity contribution in [1.29, 1.82) is 0 Å². The number of hydrogen-bond acceptors (Lipinski definition) is 3. The normalized spacial score (nSPS) is 29.2. The van der Waals surface area contributed by atoms with Crippen LogP contribution in [0.25, 0.3) is 0 Å². The van der Waals surface area contributed by atoms with Crippen molar-refractivity contribution in [3.63, 3.8) is 0 Å². The predicted octanol–water partition coefficient (Wildman–Crippen LogP) is 1.99. The number of ether oxygens (including phenoxy) is 1. The summed E-state index contributed by atoms with van der Waals surface area (Å²) in [5.41, 5.74) is 1.13. The molecule has 1 unspecified atom stereocenters. The average molecular weight is 267 g/mol. The van der Waals surface area contributed by atoms with Gasteiger partial charge in [0.05, 0.1) is 11.9 Å². The molecule has 1 aliphatic heterocycles. The van der Waals surface area contributed by atoms with Crippen LogP contribution < -0.4 is 4.74 Å². The molecule has 100 valence electrons. The lowest BCUT2D eigenvalue weighted by molar-refractivity contribution is 0.287. The van der Waals surface area contributed by atoms with E-state index in [2.05, 4.69) is 24.9 Å². The number of nitrogens with zero attached hydrogens (tertiary/aromatic N) is 1. The van der Waals surface area contributed by atoms with Gasteiger partial charge in [-0.3, -0.25) is 4.21 Å². The first-order chi connectivity index (χ1) is 8.62. The largest absolute Gasteiger partial charge is 0.497 e. The van der Waals surface area contributed by atoms with Crippen molar-refractivity contribution in [2.75, 3.05) is 33.0 Å². The van der Waals surface area contributed by atoms with Crippen LogP contribution in [0.4, 0.5) is 0 Å². The van der Waals surface area contributed by atoms with Crippen molar-refractivity contribution < 1.29 is 8.95 Å². The summed E-state index contributed by atoms with van der Waals surface area (Å²) in [7, 11) is 2.95. The fraction of sp³-hybridized carbons (Fsp3) is 0.571. The Balaban J connectivity index is 2.44. The molecule has 2 atom stereocenters. The summed E-state index contributed by atoms with van der Waals surface area (Å²) in [5.74, 6) is 1.59. The standard InChI is InChI=1S/C14H21NO2S/c1-4-14(11-15(2)8-9-18(14)16)12-6-5-7-13(10-12)17-3/h5-7,10H,4,8-9,11H2,1-3H3/t14?,18-/m1/s1. The van der Waals surface area contributed by atoms with Crippen molar-refractivity contribution in [2.24, 2.45) is 0 Å². The molecule has 0 radical (unpaired) electrons. The second-order valence-electron chi connectivity index (χ2n) is 4.87. The monoisotopic (exact) mass is 267 g/mol. The van der Waals surface area contributed by atoms with Gasteiger partial charge in [0, 0.05) is 29.6 Å². The number of hydrogen-bond donors (Lipinski definition) is 0. The smallest absolute Gasteiger partial charge is 0.119 e. The molecule has 0 N–H and O–H groups in total. The molecule has 0 aromatic heterocycles. The van der Waals surface area contributed by atoms with Gasteiger partial charge in [0.25, 0.3) is 0 Å². The number of likely N-dealkylation sites (N-methyl/N-ethyl adjacent to an activating group) is 1. The lowest BCUT2D eigenvalue weighted by Gasteiger charge is -2.40. The summed E-state index contributed by atoms with van der Waals surface area (Å²) >= 11 is 0. The summed E-state index contributed by atoms with van der Waals surface area (Å²) < 4.78 is 17.6. The van der Waals surface area contributed by atoms with E-state index < -0.39 is 10.8 Å². The van der Waals surface area contributed by atoms with Crippen LogP contribution >= 0.6 is 0 Å². The Morgan fingerprint density at radius 3 is 2.94 bits per heavy atom. The molecule has 1 fully saturated rings. The van der Waals surface area contributed by atoms with Gasteiger partial charge in [0.15, 0.2) is 0 Å². The van der Waals surface area contributed by atoms with Gasteiger partial charge in [-0.25, -0.2) is 0 Å². The van der Waals surface area contributed by atoms with Gasteiger partial charge >= 0.3 is 0 Å². The van der Waals surface area contributed by atoms with Crippen LogP contribution in [0.15, 0.2) is 24.3 Å². The lowest BCUT2D eigenvalue weighted by Crippen LogP contribution is -2.49. The molecule has 0 bridgehead atoms. The van der Waals surface area contributed by atoms with E-state index in [9.17, 15) is 4.21 Å². The Kier molecular flexibility index (Phi) is 4.07. The van der Waals surface area contributed by atoms with Crippen LogP contribution in [0, 0.1) is 0 Å². The van der Waals surface area contributed by atoms with E-state index in [0.29, 0.717) is 0 Å². The Labute approximate surface area is 112 Å². The molecular weight excluding hydrogens is 246 g/mol. The Morgan fingerprint density at radius 1 is 1.50 bits per heavy atom. The van der Waals surface area contributed by atoms with Crippen molar-refractivity contribution in [1.82, 2.24) is 4.90 Å². The first-order valence-corrected chi connectivity index (χ1v) is 7.66. The van der Waals surface area contributed by atoms with E-state index in [0.717, 1.165) is 36.6 Å². The van der Waals surface area contributed by atoms with E-state index in [1.54, 1.807) is 7.11 Å². The van der Waals surface area contributed by atoms with Crippen molar-refractivity contribution in [2.45, 2.75) is 18.1 Å². The third-order valence-electron chi connectivity index (χ3n) is 3.79. The summed E-state index contributed by atoms with van der Waals surface area (Å²) in [4.78, 5) is 2.27. The van der Waals surface area contributed by atoms with Crippen LogP contribution in [0.2, 0.25) is 0 Å². The Bertz CT molecular complexity index is 449. The van der Waals surface area contributed by atoms with Crippen LogP contribution in [-0.4, -0.2) is 42.1 Å². The first-order valence-electron chi connectivity index (χ1n) is 6.34. The highest BCUT2D eigenvalue weighted by atomic mass is 32.2. The van der Waals surface area contributed by atoms with E-state index in [4.69, 9.17) is 4.74 Å². The molecule has 3 nitrogen and oxygen atoms in total. The molecule has 1 aromatic rings. The summed E-state index contributed by atoms with van der Waals surface area (Å²) in [6.07, 6.45) is 0.886. The maximum Gasteiger partial charge on any atom is 0.119 e. The van der Waals surface area contributed by atoms with E-state index >= 15 is 0 Å². The fourth-order valence-electron chi connectivity index (χ4n) is 2.63. The maximum atomic E-state index is 12.5. The SMILES string of the molecule is CCC1(c2cccc(OC)c2)CN(C)CC[S@]1=O. The lowest BCUT2D eigenvalue weighted by atomic mass is 9.94. The molecule has 4 heteroatoms. The third-order valence-corrected chi connectivity index (χ3v) is 5.86. The van der Waals surface area contributed by atoms with Crippen LogP contribution in [0.3, 0.4) is 0 Å². The van der Waals surface area contributed by atoms with Gasteiger partial charge in [-0.15, -0.1) is 0 Å². The van der Waals surface area contributed by atoms with E-state index in [1.165, 1.54) is 0 Å². The van der Waals surface area contributed by atoms with Crippen molar-refractivity contribution in [3.8, 4) is 5.75 Å². The zero-order chi connectivity index (χ0) is 13.2.